The van der Waals surface area contributed by atoms with E-state index in [1.807, 2.05) is 23.6 Å². The first-order valence-electron chi connectivity index (χ1n) is 5.63. The molecule has 4 heteroatoms. The smallest absolute Gasteiger partial charge is 0.197 e. The zero-order chi connectivity index (χ0) is 13.4. The first kappa shape index (κ1) is 12.5. The van der Waals surface area contributed by atoms with Gasteiger partial charge in [-0.2, -0.15) is 0 Å². The van der Waals surface area contributed by atoms with Gasteiger partial charge in [-0.25, -0.2) is 4.39 Å². The van der Waals surface area contributed by atoms with Gasteiger partial charge in [-0.3, -0.25) is 4.79 Å². The predicted molar refractivity (Wildman–Crippen MR) is 79.4 cm³/mol. The molecule has 0 radical (unpaired) electrons. The number of fused-ring (bicyclic) bond motifs is 1. The van der Waals surface area contributed by atoms with Gasteiger partial charge in [0.1, 0.15) is 5.82 Å². The van der Waals surface area contributed by atoms with Crippen LogP contribution in [0.3, 0.4) is 0 Å². The van der Waals surface area contributed by atoms with Crippen LogP contribution in [-0.4, -0.2) is 5.78 Å². The predicted octanol–water partition coefficient (Wildman–Crippen LogP) is 5.03. The summed E-state index contributed by atoms with van der Waals surface area (Å²) in [6.45, 7) is 0. The highest BCUT2D eigenvalue weighted by atomic mass is 79.9. The highest BCUT2D eigenvalue weighted by Crippen LogP contribution is 2.27. The summed E-state index contributed by atoms with van der Waals surface area (Å²) < 4.78 is 15.4. The van der Waals surface area contributed by atoms with Crippen molar-refractivity contribution in [3.63, 3.8) is 0 Å². The quantitative estimate of drug-likeness (QED) is 0.600. The Balaban J connectivity index is 2.16. The van der Waals surface area contributed by atoms with Crippen molar-refractivity contribution in [2.45, 2.75) is 0 Å². The van der Waals surface area contributed by atoms with Crippen LogP contribution in [0, 0.1) is 5.82 Å². The SMILES string of the molecule is O=C(c1ccc(Br)cc1F)c1cccc2ccsc12. The molecule has 0 atom stereocenters. The van der Waals surface area contributed by atoms with E-state index in [0.717, 1.165) is 10.1 Å². The van der Waals surface area contributed by atoms with E-state index in [1.54, 1.807) is 12.1 Å². The van der Waals surface area contributed by atoms with Crippen LogP contribution >= 0.6 is 27.3 Å². The molecule has 0 aliphatic rings. The summed E-state index contributed by atoms with van der Waals surface area (Å²) in [6, 6.07) is 11.9. The number of thiophene rings is 1. The zero-order valence-corrected chi connectivity index (χ0v) is 12.1. The summed E-state index contributed by atoms with van der Waals surface area (Å²) >= 11 is 4.68. The normalized spacial score (nSPS) is 10.8. The molecule has 0 saturated carbocycles. The molecule has 1 nitrogen and oxygen atoms in total. The molecule has 0 N–H and O–H groups in total. The van der Waals surface area contributed by atoms with Crippen molar-refractivity contribution in [1.82, 2.24) is 0 Å². The van der Waals surface area contributed by atoms with Gasteiger partial charge in [0.2, 0.25) is 0 Å². The third-order valence-electron chi connectivity index (χ3n) is 2.90. The van der Waals surface area contributed by atoms with Gasteiger partial charge in [0, 0.05) is 14.7 Å². The second kappa shape index (κ2) is 4.87. The number of hydrogen-bond donors (Lipinski definition) is 0. The minimum Gasteiger partial charge on any atom is -0.288 e. The van der Waals surface area contributed by atoms with Gasteiger partial charge in [-0.05, 0) is 41.1 Å². The summed E-state index contributed by atoms with van der Waals surface area (Å²) in [5.74, 6) is -0.786. The lowest BCUT2D eigenvalue weighted by Crippen LogP contribution is -2.04. The van der Waals surface area contributed by atoms with E-state index in [1.165, 1.54) is 23.5 Å². The van der Waals surface area contributed by atoms with E-state index >= 15 is 0 Å². The van der Waals surface area contributed by atoms with E-state index in [-0.39, 0.29) is 11.3 Å². The molecule has 94 valence electrons. The van der Waals surface area contributed by atoms with Gasteiger partial charge in [0.15, 0.2) is 5.78 Å². The third kappa shape index (κ3) is 2.22. The topological polar surface area (TPSA) is 17.1 Å². The minimum absolute atomic E-state index is 0.101. The van der Waals surface area contributed by atoms with Crippen molar-refractivity contribution < 1.29 is 9.18 Å². The van der Waals surface area contributed by atoms with Gasteiger partial charge < -0.3 is 0 Å². The fraction of sp³-hybridized carbons (Fsp3) is 0. The van der Waals surface area contributed by atoms with Crippen LogP contribution in [0.4, 0.5) is 4.39 Å². The first-order valence-corrected chi connectivity index (χ1v) is 7.30. The van der Waals surface area contributed by atoms with Crippen molar-refractivity contribution in [3.05, 3.63) is 69.3 Å². The number of halogens is 2. The van der Waals surface area contributed by atoms with Crippen molar-refractivity contribution in [3.8, 4) is 0 Å². The first-order chi connectivity index (χ1) is 9.16. The van der Waals surface area contributed by atoms with Gasteiger partial charge >= 0.3 is 0 Å². The molecular weight excluding hydrogens is 327 g/mol. The largest absolute Gasteiger partial charge is 0.288 e. The van der Waals surface area contributed by atoms with Crippen LogP contribution in [0.5, 0.6) is 0 Å². The molecule has 3 rings (SSSR count). The standard InChI is InChI=1S/C15H8BrFOS/c16-10-4-5-11(13(17)8-10)14(18)12-3-1-2-9-6-7-19-15(9)12/h1-8H. The number of carbonyl (C=O) groups is 1. The maximum Gasteiger partial charge on any atom is 0.197 e. The molecule has 2 aromatic carbocycles. The Morgan fingerprint density at radius 1 is 1.11 bits per heavy atom. The summed E-state index contributed by atoms with van der Waals surface area (Å²) in [6.07, 6.45) is 0. The van der Waals surface area contributed by atoms with E-state index in [9.17, 15) is 9.18 Å². The van der Waals surface area contributed by atoms with Crippen LogP contribution in [0.15, 0.2) is 52.3 Å². The Kier molecular flexibility index (Phi) is 3.21. The summed E-state index contributed by atoms with van der Waals surface area (Å²) in [4.78, 5) is 12.4. The molecule has 0 bridgehead atoms. The highest BCUT2D eigenvalue weighted by molar-refractivity contribution is 9.10. The molecule has 0 aliphatic carbocycles. The molecule has 19 heavy (non-hydrogen) atoms. The highest BCUT2D eigenvalue weighted by Gasteiger charge is 2.17. The Labute approximate surface area is 121 Å². The van der Waals surface area contributed by atoms with Crippen LogP contribution in [0.25, 0.3) is 10.1 Å². The average Bonchev–Trinajstić information content (AvgIpc) is 2.86. The number of hydrogen-bond acceptors (Lipinski definition) is 2. The second-order valence-electron chi connectivity index (χ2n) is 4.10. The van der Waals surface area contributed by atoms with Crippen molar-refractivity contribution in [1.29, 1.82) is 0 Å². The molecule has 1 heterocycles. The maximum atomic E-state index is 13.9. The number of rotatable bonds is 2. The summed E-state index contributed by atoms with van der Waals surface area (Å²) in [5, 5.41) is 2.94. The van der Waals surface area contributed by atoms with Crippen LogP contribution < -0.4 is 0 Å². The molecule has 0 aliphatic heterocycles. The monoisotopic (exact) mass is 334 g/mol. The zero-order valence-electron chi connectivity index (χ0n) is 9.69. The van der Waals surface area contributed by atoms with E-state index in [4.69, 9.17) is 0 Å². The molecule has 0 spiro atoms. The van der Waals surface area contributed by atoms with Gasteiger partial charge in [0.25, 0.3) is 0 Å². The molecule has 3 aromatic rings. The second-order valence-corrected chi connectivity index (χ2v) is 5.93. The third-order valence-corrected chi connectivity index (χ3v) is 4.36. The van der Waals surface area contributed by atoms with Gasteiger partial charge in [0.05, 0.1) is 5.56 Å². The van der Waals surface area contributed by atoms with Crippen molar-refractivity contribution >= 4 is 43.1 Å². The van der Waals surface area contributed by atoms with E-state index in [0.29, 0.717) is 10.0 Å². The number of ketones is 1. The van der Waals surface area contributed by atoms with Gasteiger partial charge in [-0.1, -0.05) is 28.1 Å². The van der Waals surface area contributed by atoms with Crippen molar-refractivity contribution in [2.75, 3.05) is 0 Å². The number of carbonyl (C=O) groups excluding carboxylic acids is 1. The summed E-state index contributed by atoms with van der Waals surface area (Å²) in [7, 11) is 0. The average molecular weight is 335 g/mol. The van der Waals surface area contributed by atoms with E-state index in [2.05, 4.69) is 15.9 Å². The van der Waals surface area contributed by atoms with Crippen molar-refractivity contribution in [2.24, 2.45) is 0 Å². The van der Waals surface area contributed by atoms with E-state index < -0.39 is 5.82 Å². The Hall–Kier alpha value is -1.52. The van der Waals surface area contributed by atoms with Crippen LogP contribution in [0.2, 0.25) is 0 Å². The molecule has 0 unspecified atom stereocenters. The Morgan fingerprint density at radius 3 is 2.74 bits per heavy atom. The summed E-state index contributed by atoms with van der Waals surface area (Å²) in [5.41, 5.74) is 0.651. The fourth-order valence-electron chi connectivity index (χ4n) is 1.99. The Morgan fingerprint density at radius 2 is 1.95 bits per heavy atom. The number of benzene rings is 2. The lowest BCUT2D eigenvalue weighted by molar-refractivity contribution is 0.103. The fourth-order valence-corrected chi connectivity index (χ4v) is 3.23. The van der Waals surface area contributed by atoms with Gasteiger partial charge in [-0.15, -0.1) is 11.3 Å². The molecular formula is C15H8BrFOS. The molecule has 0 fully saturated rings. The minimum atomic E-state index is -0.507. The maximum absolute atomic E-state index is 13.9. The molecule has 0 saturated heterocycles. The molecule has 0 amide bonds. The molecule has 1 aromatic heterocycles. The van der Waals surface area contributed by atoms with Crippen LogP contribution in [0.1, 0.15) is 15.9 Å². The lowest BCUT2D eigenvalue weighted by atomic mass is 10.0. The lowest BCUT2D eigenvalue weighted by Gasteiger charge is -2.04. The Bertz CT molecular complexity index is 779. The van der Waals surface area contributed by atoms with Crippen LogP contribution in [-0.2, 0) is 0 Å².